The SMILES string of the molecule is OCC1(O)CCCN(CCOc2ccccc2)CC1. The van der Waals surface area contributed by atoms with Gasteiger partial charge in [0.15, 0.2) is 0 Å². The number of nitrogens with zero attached hydrogens (tertiary/aromatic N) is 1. The molecule has 0 aliphatic carbocycles. The first kappa shape index (κ1) is 14.3. The Morgan fingerprint density at radius 3 is 2.68 bits per heavy atom. The summed E-state index contributed by atoms with van der Waals surface area (Å²) in [5.74, 6) is 0.893. The van der Waals surface area contributed by atoms with Gasteiger partial charge in [0.2, 0.25) is 0 Å². The molecule has 1 saturated heterocycles. The number of aliphatic hydroxyl groups excluding tert-OH is 1. The zero-order valence-electron chi connectivity index (χ0n) is 11.3. The lowest BCUT2D eigenvalue weighted by atomic mass is 9.96. The van der Waals surface area contributed by atoms with E-state index in [4.69, 9.17) is 4.74 Å². The van der Waals surface area contributed by atoms with E-state index in [0.717, 1.165) is 31.8 Å². The number of para-hydroxylation sites is 1. The van der Waals surface area contributed by atoms with Gasteiger partial charge in [-0.3, -0.25) is 4.90 Å². The molecule has 0 radical (unpaired) electrons. The number of aliphatic hydroxyl groups is 2. The van der Waals surface area contributed by atoms with E-state index in [2.05, 4.69) is 4.90 Å². The lowest BCUT2D eigenvalue weighted by Crippen LogP contribution is -2.35. The third kappa shape index (κ3) is 4.49. The van der Waals surface area contributed by atoms with Crippen LogP contribution in [0.5, 0.6) is 5.75 Å². The van der Waals surface area contributed by atoms with E-state index in [1.54, 1.807) is 0 Å². The summed E-state index contributed by atoms with van der Waals surface area (Å²) in [6, 6.07) is 9.79. The van der Waals surface area contributed by atoms with Gasteiger partial charge < -0.3 is 14.9 Å². The van der Waals surface area contributed by atoms with Crippen LogP contribution in [0.25, 0.3) is 0 Å². The van der Waals surface area contributed by atoms with Crippen molar-refractivity contribution in [2.75, 3.05) is 32.8 Å². The molecule has 2 N–H and O–H groups in total. The summed E-state index contributed by atoms with van der Waals surface area (Å²) in [6.07, 6.45) is 2.23. The summed E-state index contributed by atoms with van der Waals surface area (Å²) in [5, 5.41) is 19.3. The number of hydrogen-bond donors (Lipinski definition) is 2. The first-order valence-electron chi connectivity index (χ1n) is 6.95. The largest absolute Gasteiger partial charge is 0.492 e. The fraction of sp³-hybridized carbons (Fsp3) is 0.600. The lowest BCUT2D eigenvalue weighted by Gasteiger charge is -2.24. The van der Waals surface area contributed by atoms with Gasteiger partial charge >= 0.3 is 0 Å². The van der Waals surface area contributed by atoms with Crippen molar-refractivity contribution >= 4 is 0 Å². The van der Waals surface area contributed by atoms with Crippen LogP contribution in [0.1, 0.15) is 19.3 Å². The number of rotatable bonds is 5. The average molecular weight is 265 g/mol. The Balaban J connectivity index is 1.72. The van der Waals surface area contributed by atoms with Gasteiger partial charge in [-0.05, 0) is 37.9 Å². The Labute approximate surface area is 114 Å². The summed E-state index contributed by atoms with van der Waals surface area (Å²) in [5.41, 5.74) is -0.880. The van der Waals surface area contributed by atoms with Gasteiger partial charge in [0, 0.05) is 13.1 Å². The van der Waals surface area contributed by atoms with Crippen LogP contribution in [-0.4, -0.2) is 53.6 Å². The van der Waals surface area contributed by atoms with Crippen LogP contribution in [0, 0.1) is 0 Å². The molecule has 1 unspecified atom stereocenters. The van der Waals surface area contributed by atoms with E-state index in [-0.39, 0.29) is 6.61 Å². The van der Waals surface area contributed by atoms with Crippen molar-refractivity contribution in [2.24, 2.45) is 0 Å². The van der Waals surface area contributed by atoms with Crippen molar-refractivity contribution < 1.29 is 14.9 Å². The molecule has 1 aliphatic rings. The van der Waals surface area contributed by atoms with Gasteiger partial charge in [0.25, 0.3) is 0 Å². The minimum absolute atomic E-state index is 0.138. The molecular weight excluding hydrogens is 242 g/mol. The van der Waals surface area contributed by atoms with Crippen LogP contribution in [0.3, 0.4) is 0 Å². The van der Waals surface area contributed by atoms with E-state index in [1.807, 2.05) is 30.3 Å². The molecule has 1 aromatic carbocycles. The second kappa shape index (κ2) is 6.89. The molecule has 4 heteroatoms. The van der Waals surface area contributed by atoms with E-state index >= 15 is 0 Å². The van der Waals surface area contributed by atoms with Crippen LogP contribution >= 0.6 is 0 Å². The Hall–Kier alpha value is -1.10. The molecule has 106 valence electrons. The molecular formula is C15H23NO3. The molecule has 19 heavy (non-hydrogen) atoms. The Kier molecular flexibility index (Phi) is 5.19. The zero-order valence-corrected chi connectivity index (χ0v) is 11.3. The van der Waals surface area contributed by atoms with Crippen LogP contribution in [0.15, 0.2) is 30.3 Å². The topological polar surface area (TPSA) is 52.9 Å². The van der Waals surface area contributed by atoms with Crippen molar-refractivity contribution in [3.63, 3.8) is 0 Å². The first-order valence-corrected chi connectivity index (χ1v) is 6.95. The highest BCUT2D eigenvalue weighted by atomic mass is 16.5. The predicted molar refractivity (Wildman–Crippen MR) is 74.3 cm³/mol. The third-order valence-electron chi connectivity index (χ3n) is 3.72. The highest BCUT2D eigenvalue weighted by molar-refractivity contribution is 5.20. The summed E-state index contributed by atoms with van der Waals surface area (Å²) in [7, 11) is 0. The standard InChI is InChI=1S/C15H23NO3/c17-13-15(18)7-4-9-16(10-8-15)11-12-19-14-5-2-1-3-6-14/h1-3,5-6,17-18H,4,7-13H2. The maximum atomic E-state index is 10.1. The van der Waals surface area contributed by atoms with Gasteiger partial charge in [0.1, 0.15) is 12.4 Å². The van der Waals surface area contributed by atoms with E-state index < -0.39 is 5.60 Å². The van der Waals surface area contributed by atoms with Crippen molar-refractivity contribution in [2.45, 2.75) is 24.9 Å². The van der Waals surface area contributed by atoms with Crippen LogP contribution in [-0.2, 0) is 0 Å². The van der Waals surface area contributed by atoms with E-state index in [1.165, 1.54) is 0 Å². The zero-order chi connectivity index (χ0) is 13.6. The Morgan fingerprint density at radius 1 is 1.16 bits per heavy atom. The van der Waals surface area contributed by atoms with Gasteiger partial charge in [-0.25, -0.2) is 0 Å². The molecule has 1 fully saturated rings. The van der Waals surface area contributed by atoms with Gasteiger partial charge in [-0.2, -0.15) is 0 Å². The predicted octanol–water partition coefficient (Wildman–Crippen LogP) is 1.27. The van der Waals surface area contributed by atoms with E-state index in [0.29, 0.717) is 19.4 Å². The first-order chi connectivity index (χ1) is 9.22. The molecule has 0 bridgehead atoms. The second-order valence-corrected chi connectivity index (χ2v) is 5.24. The molecule has 2 rings (SSSR count). The Morgan fingerprint density at radius 2 is 1.95 bits per heavy atom. The van der Waals surface area contributed by atoms with Crippen molar-refractivity contribution in [1.29, 1.82) is 0 Å². The molecule has 0 aromatic heterocycles. The highest BCUT2D eigenvalue weighted by Crippen LogP contribution is 2.21. The fourth-order valence-corrected chi connectivity index (χ4v) is 2.43. The van der Waals surface area contributed by atoms with Crippen molar-refractivity contribution in [3.05, 3.63) is 30.3 Å². The van der Waals surface area contributed by atoms with Crippen molar-refractivity contribution in [3.8, 4) is 5.75 Å². The number of benzene rings is 1. The summed E-state index contributed by atoms with van der Waals surface area (Å²) in [4.78, 5) is 2.29. The van der Waals surface area contributed by atoms with Gasteiger partial charge in [-0.15, -0.1) is 0 Å². The minimum Gasteiger partial charge on any atom is -0.492 e. The van der Waals surface area contributed by atoms with Gasteiger partial charge in [-0.1, -0.05) is 18.2 Å². The molecule has 0 spiro atoms. The van der Waals surface area contributed by atoms with Crippen molar-refractivity contribution in [1.82, 2.24) is 4.90 Å². The number of hydrogen-bond acceptors (Lipinski definition) is 4. The molecule has 0 amide bonds. The maximum absolute atomic E-state index is 10.1. The molecule has 1 heterocycles. The molecule has 4 nitrogen and oxygen atoms in total. The smallest absolute Gasteiger partial charge is 0.119 e. The molecule has 1 aromatic rings. The normalized spacial score (nSPS) is 24.9. The monoisotopic (exact) mass is 265 g/mol. The maximum Gasteiger partial charge on any atom is 0.119 e. The number of ether oxygens (including phenoxy) is 1. The third-order valence-corrected chi connectivity index (χ3v) is 3.72. The Bertz CT molecular complexity index is 371. The molecule has 0 saturated carbocycles. The summed E-state index contributed by atoms with van der Waals surface area (Å²) >= 11 is 0. The molecule has 1 aliphatic heterocycles. The lowest BCUT2D eigenvalue weighted by molar-refractivity contribution is -0.0255. The number of likely N-dealkylation sites (tertiary alicyclic amines) is 1. The quantitative estimate of drug-likeness (QED) is 0.842. The second-order valence-electron chi connectivity index (χ2n) is 5.24. The fourth-order valence-electron chi connectivity index (χ4n) is 2.43. The summed E-state index contributed by atoms with van der Waals surface area (Å²) < 4.78 is 5.67. The van der Waals surface area contributed by atoms with Gasteiger partial charge in [0.05, 0.1) is 12.2 Å². The summed E-state index contributed by atoms with van der Waals surface area (Å²) in [6.45, 7) is 3.15. The van der Waals surface area contributed by atoms with Crippen LogP contribution < -0.4 is 4.74 Å². The minimum atomic E-state index is -0.880. The average Bonchev–Trinajstić information content (AvgIpc) is 2.63. The van der Waals surface area contributed by atoms with Crippen LogP contribution in [0.2, 0.25) is 0 Å². The van der Waals surface area contributed by atoms with Crippen LogP contribution in [0.4, 0.5) is 0 Å². The molecule has 1 atom stereocenters. The highest BCUT2D eigenvalue weighted by Gasteiger charge is 2.29. The van der Waals surface area contributed by atoms with E-state index in [9.17, 15) is 10.2 Å².